The zero-order valence-electron chi connectivity index (χ0n) is 7.47. The number of aliphatic hydroxyl groups excluding tert-OH is 1. The molecule has 0 spiro atoms. The lowest BCUT2D eigenvalue weighted by Crippen LogP contribution is -2.33. The second-order valence-corrected chi connectivity index (χ2v) is 3.05. The van der Waals surface area contributed by atoms with Gasteiger partial charge in [-0.25, -0.2) is 9.80 Å². The van der Waals surface area contributed by atoms with Gasteiger partial charge in [0.1, 0.15) is 6.23 Å². The lowest BCUT2D eigenvalue weighted by molar-refractivity contribution is 0.164. The molecule has 0 radical (unpaired) electrons. The maximum Gasteiger partial charge on any atom is 0.338 e. The number of para-hydroxylation sites is 1. The van der Waals surface area contributed by atoms with Gasteiger partial charge in [0.15, 0.2) is 0 Å². The number of benzene rings is 1. The number of amides is 2. The Hall–Kier alpha value is -1.75. The lowest BCUT2D eigenvalue weighted by atomic mass is 10.3. The molecule has 3 N–H and O–H groups in total. The number of anilines is 1. The summed E-state index contributed by atoms with van der Waals surface area (Å²) in [6.45, 7) is 0.244. The van der Waals surface area contributed by atoms with Crippen LogP contribution < -0.4 is 10.7 Å². The van der Waals surface area contributed by atoms with Crippen LogP contribution in [0.5, 0.6) is 0 Å². The van der Waals surface area contributed by atoms with Crippen LogP contribution in [-0.4, -0.2) is 28.9 Å². The summed E-state index contributed by atoms with van der Waals surface area (Å²) in [5.41, 5.74) is 3.70. The number of carbonyl (C=O) groups is 1. The highest BCUT2D eigenvalue weighted by molar-refractivity contribution is 5.78. The highest BCUT2D eigenvalue weighted by Gasteiger charge is 2.26. The van der Waals surface area contributed by atoms with Gasteiger partial charge in [0.25, 0.3) is 0 Å². The number of β-amino-alcohol motifs (C(OH)–C–C–N with tert-alkyl or cyclic N) is 1. The van der Waals surface area contributed by atoms with Crippen LogP contribution in [-0.2, 0) is 0 Å². The SMILES string of the molecule is O=C1NC(O)CN1Nc1ccccc1. The van der Waals surface area contributed by atoms with E-state index < -0.39 is 6.23 Å². The van der Waals surface area contributed by atoms with Gasteiger partial charge in [0.05, 0.1) is 12.2 Å². The number of nitrogens with zero attached hydrogens (tertiary/aromatic N) is 1. The molecule has 1 atom stereocenters. The molecule has 74 valence electrons. The molecule has 0 aliphatic carbocycles. The Bertz CT molecular complexity index is 328. The maximum atomic E-state index is 11.2. The van der Waals surface area contributed by atoms with E-state index in [-0.39, 0.29) is 12.6 Å². The van der Waals surface area contributed by atoms with Crippen molar-refractivity contribution in [1.82, 2.24) is 10.3 Å². The van der Waals surface area contributed by atoms with Crippen LogP contribution in [0.3, 0.4) is 0 Å². The summed E-state index contributed by atoms with van der Waals surface area (Å²) in [7, 11) is 0. The lowest BCUT2D eigenvalue weighted by Gasteiger charge is -2.16. The monoisotopic (exact) mass is 193 g/mol. The van der Waals surface area contributed by atoms with Gasteiger partial charge in [-0.15, -0.1) is 0 Å². The van der Waals surface area contributed by atoms with Crippen molar-refractivity contribution in [2.45, 2.75) is 6.23 Å². The van der Waals surface area contributed by atoms with Crippen molar-refractivity contribution in [3.05, 3.63) is 30.3 Å². The normalized spacial score (nSPS) is 20.8. The largest absolute Gasteiger partial charge is 0.372 e. The van der Waals surface area contributed by atoms with E-state index in [4.69, 9.17) is 5.11 Å². The molecule has 2 amide bonds. The number of hydrogen-bond acceptors (Lipinski definition) is 3. The fourth-order valence-electron chi connectivity index (χ4n) is 1.29. The number of carbonyl (C=O) groups excluding carboxylic acids is 1. The Kier molecular flexibility index (Phi) is 2.24. The number of urea groups is 1. The maximum absolute atomic E-state index is 11.2. The van der Waals surface area contributed by atoms with Crippen LogP contribution in [0, 0.1) is 0 Å². The zero-order valence-corrected chi connectivity index (χ0v) is 7.47. The smallest absolute Gasteiger partial charge is 0.338 e. The summed E-state index contributed by atoms with van der Waals surface area (Å²) < 4.78 is 0. The molecule has 5 nitrogen and oxygen atoms in total. The molecule has 1 aromatic carbocycles. The molecule has 14 heavy (non-hydrogen) atoms. The van der Waals surface area contributed by atoms with Crippen LogP contribution in [0.4, 0.5) is 10.5 Å². The zero-order chi connectivity index (χ0) is 9.97. The van der Waals surface area contributed by atoms with Gasteiger partial charge in [-0.2, -0.15) is 0 Å². The highest BCUT2D eigenvalue weighted by atomic mass is 16.3. The first kappa shape index (κ1) is 8.83. The molecule has 1 heterocycles. The van der Waals surface area contributed by atoms with Crippen molar-refractivity contribution in [1.29, 1.82) is 0 Å². The first-order valence-corrected chi connectivity index (χ1v) is 4.33. The summed E-state index contributed by atoms with van der Waals surface area (Å²) in [6.07, 6.45) is -0.793. The molecule has 1 saturated heterocycles. The Morgan fingerprint density at radius 1 is 1.43 bits per heavy atom. The standard InChI is InChI=1S/C9H11N3O2/c13-8-6-12(9(14)10-8)11-7-4-2-1-3-5-7/h1-5,8,11,13H,6H2,(H,10,14). The van der Waals surface area contributed by atoms with Crippen molar-refractivity contribution >= 4 is 11.7 Å². The number of hydrazine groups is 1. The van der Waals surface area contributed by atoms with Crippen molar-refractivity contribution in [3.63, 3.8) is 0 Å². The van der Waals surface area contributed by atoms with Gasteiger partial charge in [0.2, 0.25) is 0 Å². The Morgan fingerprint density at radius 3 is 2.71 bits per heavy atom. The minimum absolute atomic E-state index is 0.244. The van der Waals surface area contributed by atoms with Gasteiger partial charge < -0.3 is 10.4 Å². The number of aliphatic hydroxyl groups is 1. The van der Waals surface area contributed by atoms with Crippen molar-refractivity contribution < 1.29 is 9.90 Å². The van der Waals surface area contributed by atoms with E-state index >= 15 is 0 Å². The number of hydrogen-bond donors (Lipinski definition) is 3. The molecule has 0 aromatic heterocycles. The summed E-state index contributed by atoms with van der Waals surface area (Å²) in [5, 5.41) is 12.8. The van der Waals surface area contributed by atoms with Crippen LogP contribution in [0.25, 0.3) is 0 Å². The summed E-state index contributed by atoms with van der Waals surface area (Å²) in [6, 6.07) is 9.00. The molecule has 2 rings (SSSR count). The van der Waals surface area contributed by atoms with Gasteiger partial charge >= 0.3 is 6.03 Å². The Balaban J connectivity index is 2.02. The van der Waals surface area contributed by atoms with Gasteiger partial charge in [-0.05, 0) is 12.1 Å². The van der Waals surface area contributed by atoms with Gasteiger partial charge in [-0.1, -0.05) is 18.2 Å². The third kappa shape index (κ3) is 1.77. The summed E-state index contributed by atoms with van der Waals surface area (Å²) in [5.74, 6) is 0. The van der Waals surface area contributed by atoms with E-state index in [2.05, 4.69) is 10.7 Å². The van der Waals surface area contributed by atoms with E-state index in [0.717, 1.165) is 5.69 Å². The predicted octanol–water partition coefficient (Wildman–Crippen LogP) is 0.357. The van der Waals surface area contributed by atoms with Crippen molar-refractivity contribution in [2.75, 3.05) is 12.0 Å². The molecule has 5 heteroatoms. The molecular weight excluding hydrogens is 182 g/mol. The van der Waals surface area contributed by atoms with Gasteiger partial charge in [-0.3, -0.25) is 5.43 Å². The average Bonchev–Trinajstić information content (AvgIpc) is 2.47. The minimum atomic E-state index is -0.793. The van der Waals surface area contributed by atoms with Crippen LogP contribution in [0.1, 0.15) is 0 Å². The van der Waals surface area contributed by atoms with E-state index in [1.165, 1.54) is 5.01 Å². The number of rotatable bonds is 2. The Labute approximate surface area is 81.3 Å². The van der Waals surface area contributed by atoms with Crippen LogP contribution >= 0.6 is 0 Å². The number of nitrogens with one attached hydrogen (secondary N) is 2. The van der Waals surface area contributed by atoms with Gasteiger partial charge in [0, 0.05) is 0 Å². The fraction of sp³-hybridized carbons (Fsp3) is 0.222. The second-order valence-electron chi connectivity index (χ2n) is 3.05. The molecule has 1 aliphatic rings. The van der Waals surface area contributed by atoms with Crippen LogP contribution in [0.15, 0.2) is 30.3 Å². The average molecular weight is 193 g/mol. The summed E-state index contributed by atoms with van der Waals surface area (Å²) in [4.78, 5) is 11.2. The molecule has 1 aromatic rings. The third-order valence-corrected chi connectivity index (χ3v) is 1.93. The first-order chi connectivity index (χ1) is 6.75. The minimum Gasteiger partial charge on any atom is -0.372 e. The summed E-state index contributed by atoms with van der Waals surface area (Å²) >= 11 is 0. The molecule has 1 unspecified atom stereocenters. The molecule has 0 bridgehead atoms. The van der Waals surface area contributed by atoms with Crippen molar-refractivity contribution in [2.24, 2.45) is 0 Å². The second kappa shape index (κ2) is 3.55. The van der Waals surface area contributed by atoms with E-state index in [9.17, 15) is 4.79 Å². The van der Waals surface area contributed by atoms with E-state index in [1.807, 2.05) is 30.3 Å². The third-order valence-electron chi connectivity index (χ3n) is 1.93. The fourth-order valence-corrected chi connectivity index (χ4v) is 1.29. The van der Waals surface area contributed by atoms with Crippen LogP contribution in [0.2, 0.25) is 0 Å². The molecule has 1 aliphatic heterocycles. The predicted molar refractivity (Wildman–Crippen MR) is 51.3 cm³/mol. The van der Waals surface area contributed by atoms with Crippen molar-refractivity contribution in [3.8, 4) is 0 Å². The highest BCUT2D eigenvalue weighted by Crippen LogP contribution is 2.09. The van der Waals surface area contributed by atoms with E-state index in [1.54, 1.807) is 0 Å². The van der Waals surface area contributed by atoms with E-state index in [0.29, 0.717) is 0 Å². The quantitative estimate of drug-likeness (QED) is 0.635. The molecule has 0 saturated carbocycles. The topological polar surface area (TPSA) is 64.6 Å². The molecule has 1 fully saturated rings. The first-order valence-electron chi connectivity index (χ1n) is 4.33. The Morgan fingerprint density at radius 2 is 2.14 bits per heavy atom. The molecular formula is C9H11N3O2.